The van der Waals surface area contributed by atoms with Crippen LogP contribution < -0.4 is 5.32 Å². The Morgan fingerprint density at radius 3 is 2.55 bits per heavy atom. The van der Waals surface area contributed by atoms with Gasteiger partial charge in [0.2, 0.25) is 0 Å². The molecular formula is C15H19Cl2N3. The lowest BCUT2D eigenvalue weighted by molar-refractivity contribution is 0.533. The number of likely N-dealkylation sites (N-methyl/N-ethyl adjacent to an activating group) is 1. The molecule has 1 heterocycles. The largest absolute Gasteiger partial charge is 0.316 e. The SMILES string of the molecule is CNC(Cc1ccc(Cl)cc1Cl)Cc1cc(C)nn1C. The molecule has 0 spiro atoms. The third kappa shape index (κ3) is 3.75. The molecule has 20 heavy (non-hydrogen) atoms. The van der Waals surface area contributed by atoms with Crippen LogP contribution in [-0.4, -0.2) is 22.9 Å². The molecule has 0 radical (unpaired) electrons. The van der Waals surface area contributed by atoms with Crippen LogP contribution in [0.5, 0.6) is 0 Å². The lowest BCUT2D eigenvalue weighted by atomic mass is 10.0. The van der Waals surface area contributed by atoms with Gasteiger partial charge >= 0.3 is 0 Å². The van der Waals surface area contributed by atoms with Gasteiger partial charge < -0.3 is 5.32 Å². The first-order valence-electron chi connectivity index (χ1n) is 6.60. The topological polar surface area (TPSA) is 29.9 Å². The lowest BCUT2D eigenvalue weighted by Gasteiger charge is -2.17. The number of halogens is 2. The first kappa shape index (κ1) is 15.4. The number of rotatable bonds is 5. The second-order valence-electron chi connectivity index (χ2n) is 5.03. The van der Waals surface area contributed by atoms with Crippen LogP contribution in [0.3, 0.4) is 0 Å². The first-order valence-corrected chi connectivity index (χ1v) is 7.36. The van der Waals surface area contributed by atoms with Crippen molar-refractivity contribution in [2.24, 2.45) is 7.05 Å². The van der Waals surface area contributed by atoms with Crippen molar-refractivity contribution in [3.05, 3.63) is 51.3 Å². The van der Waals surface area contributed by atoms with Gasteiger partial charge in [-0.1, -0.05) is 29.3 Å². The molecule has 0 bridgehead atoms. The number of nitrogens with zero attached hydrogens (tertiary/aromatic N) is 2. The van der Waals surface area contributed by atoms with Crippen molar-refractivity contribution in [2.75, 3.05) is 7.05 Å². The summed E-state index contributed by atoms with van der Waals surface area (Å²) in [5, 5.41) is 9.11. The zero-order valence-corrected chi connectivity index (χ0v) is 13.5. The highest BCUT2D eigenvalue weighted by molar-refractivity contribution is 6.35. The Morgan fingerprint density at radius 2 is 2.00 bits per heavy atom. The van der Waals surface area contributed by atoms with Crippen LogP contribution in [0, 0.1) is 6.92 Å². The number of benzene rings is 1. The van der Waals surface area contributed by atoms with Gasteiger partial charge in [0.25, 0.3) is 0 Å². The first-order chi connectivity index (χ1) is 9.49. The zero-order valence-electron chi connectivity index (χ0n) is 12.0. The highest BCUT2D eigenvalue weighted by atomic mass is 35.5. The maximum atomic E-state index is 6.24. The second kappa shape index (κ2) is 6.61. The van der Waals surface area contributed by atoms with E-state index in [1.807, 2.05) is 37.8 Å². The van der Waals surface area contributed by atoms with E-state index in [4.69, 9.17) is 23.2 Å². The van der Waals surface area contributed by atoms with Crippen LogP contribution in [0.2, 0.25) is 10.0 Å². The van der Waals surface area contributed by atoms with Crippen LogP contribution in [0.15, 0.2) is 24.3 Å². The summed E-state index contributed by atoms with van der Waals surface area (Å²) in [6, 6.07) is 8.09. The number of hydrogen-bond acceptors (Lipinski definition) is 2. The van der Waals surface area contributed by atoms with Gasteiger partial charge in [-0.3, -0.25) is 4.68 Å². The Hall–Kier alpha value is -1.03. The van der Waals surface area contributed by atoms with Crippen LogP contribution in [0.25, 0.3) is 0 Å². The fourth-order valence-corrected chi connectivity index (χ4v) is 2.82. The molecule has 1 aromatic heterocycles. The molecule has 0 aliphatic carbocycles. The van der Waals surface area contributed by atoms with E-state index in [0.29, 0.717) is 11.1 Å². The molecule has 0 saturated heterocycles. The van der Waals surface area contributed by atoms with E-state index in [2.05, 4.69) is 16.5 Å². The van der Waals surface area contributed by atoms with Crippen LogP contribution in [0.4, 0.5) is 0 Å². The van der Waals surface area contributed by atoms with E-state index >= 15 is 0 Å². The Kier molecular flexibility index (Phi) is 5.08. The number of nitrogens with one attached hydrogen (secondary N) is 1. The minimum Gasteiger partial charge on any atom is -0.316 e. The molecule has 3 nitrogen and oxygen atoms in total. The van der Waals surface area contributed by atoms with Crippen molar-refractivity contribution in [3.8, 4) is 0 Å². The van der Waals surface area contributed by atoms with Gasteiger partial charge in [-0.05, 0) is 44.2 Å². The van der Waals surface area contributed by atoms with Gasteiger partial charge in [0.15, 0.2) is 0 Å². The smallest absolute Gasteiger partial charge is 0.0596 e. The van der Waals surface area contributed by atoms with Crippen molar-refractivity contribution >= 4 is 23.2 Å². The molecule has 1 atom stereocenters. The minimum atomic E-state index is 0.309. The van der Waals surface area contributed by atoms with Crippen molar-refractivity contribution in [3.63, 3.8) is 0 Å². The third-order valence-electron chi connectivity index (χ3n) is 3.44. The molecule has 0 aliphatic heterocycles. The van der Waals surface area contributed by atoms with E-state index in [1.54, 1.807) is 6.07 Å². The summed E-state index contributed by atoms with van der Waals surface area (Å²) in [7, 11) is 3.95. The van der Waals surface area contributed by atoms with Gasteiger partial charge in [0, 0.05) is 35.2 Å². The van der Waals surface area contributed by atoms with Crippen LogP contribution >= 0.6 is 23.2 Å². The summed E-state index contributed by atoms with van der Waals surface area (Å²) in [5.41, 5.74) is 3.36. The fourth-order valence-electron chi connectivity index (χ4n) is 2.34. The summed E-state index contributed by atoms with van der Waals surface area (Å²) >= 11 is 12.2. The minimum absolute atomic E-state index is 0.309. The summed E-state index contributed by atoms with van der Waals surface area (Å²) in [5.74, 6) is 0. The molecule has 0 saturated carbocycles. The van der Waals surface area contributed by atoms with Gasteiger partial charge in [0.05, 0.1) is 5.69 Å². The average Bonchev–Trinajstić information content (AvgIpc) is 2.70. The van der Waals surface area contributed by atoms with E-state index in [-0.39, 0.29) is 0 Å². The molecule has 1 N–H and O–H groups in total. The molecule has 0 aliphatic rings. The molecule has 108 valence electrons. The zero-order chi connectivity index (χ0) is 14.7. The van der Waals surface area contributed by atoms with Crippen molar-refractivity contribution in [2.45, 2.75) is 25.8 Å². The Bertz CT molecular complexity index is 593. The molecule has 0 fully saturated rings. The van der Waals surface area contributed by atoms with Crippen molar-refractivity contribution < 1.29 is 0 Å². The Morgan fingerprint density at radius 1 is 1.25 bits per heavy atom. The predicted octanol–water partition coefficient (Wildman–Crippen LogP) is 3.41. The fraction of sp³-hybridized carbons (Fsp3) is 0.400. The predicted molar refractivity (Wildman–Crippen MR) is 84.7 cm³/mol. The quantitative estimate of drug-likeness (QED) is 0.917. The summed E-state index contributed by atoms with van der Waals surface area (Å²) < 4.78 is 1.93. The summed E-state index contributed by atoms with van der Waals surface area (Å²) in [6.07, 6.45) is 1.77. The number of aromatic nitrogens is 2. The van der Waals surface area contributed by atoms with Gasteiger partial charge in [-0.15, -0.1) is 0 Å². The molecular weight excluding hydrogens is 293 g/mol. The van der Waals surface area contributed by atoms with Crippen LogP contribution in [0.1, 0.15) is 17.0 Å². The average molecular weight is 312 g/mol. The number of hydrogen-bond donors (Lipinski definition) is 1. The Balaban J connectivity index is 2.11. The second-order valence-corrected chi connectivity index (χ2v) is 5.87. The summed E-state index contributed by atoms with van der Waals surface area (Å²) in [6.45, 7) is 2.01. The van der Waals surface area contributed by atoms with E-state index < -0.39 is 0 Å². The standard InChI is InChI=1S/C15H19Cl2N3/c1-10-6-14(20(3)19-10)9-13(18-2)7-11-4-5-12(16)8-15(11)17/h4-6,8,13,18H,7,9H2,1-3H3. The number of aryl methyl sites for hydroxylation is 2. The Labute approximate surface area is 129 Å². The van der Waals surface area contributed by atoms with E-state index in [9.17, 15) is 0 Å². The maximum Gasteiger partial charge on any atom is 0.0596 e. The van der Waals surface area contributed by atoms with E-state index in [1.165, 1.54) is 5.69 Å². The van der Waals surface area contributed by atoms with Gasteiger partial charge in [0.1, 0.15) is 0 Å². The molecule has 0 amide bonds. The van der Waals surface area contributed by atoms with Crippen molar-refractivity contribution in [1.82, 2.24) is 15.1 Å². The highest BCUT2D eigenvalue weighted by Crippen LogP contribution is 2.22. The summed E-state index contributed by atoms with van der Waals surface area (Å²) in [4.78, 5) is 0. The van der Waals surface area contributed by atoms with Gasteiger partial charge in [-0.25, -0.2) is 0 Å². The maximum absolute atomic E-state index is 6.24. The van der Waals surface area contributed by atoms with Crippen molar-refractivity contribution in [1.29, 1.82) is 0 Å². The molecule has 2 rings (SSSR count). The monoisotopic (exact) mass is 311 g/mol. The molecule has 5 heteroatoms. The molecule has 1 unspecified atom stereocenters. The normalized spacial score (nSPS) is 12.7. The molecule has 2 aromatic rings. The van der Waals surface area contributed by atoms with Gasteiger partial charge in [-0.2, -0.15) is 5.10 Å². The van der Waals surface area contributed by atoms with E-state index in [0.717, 1.165) is 29.1 Å². The van der Waals surface area contributed by atoms with Crippen LogP contribution in [-0.2, 0) is 19.9 Å². The highest BCUT2D eigenvalue weighted by Gasteiger charge is 2.13. The lowest BCUT2D eigenvalue weighted by Crippen LogP contribution is -2.30. The molecule has 1 aromatic carbocycles. The third-order valence-corrected chi connectivity index (χ3v) is 4.03.